The van der Waals surface area contributed by atoms with E-state index >= 15 is 0 Å². The molecule has 9 heteroatoms. The minimum absolute atomic E-state index is 0.0197. The summed E-state index contributed by atoms with van der Waals surface area (Å²) in [7, 11) is 0. The third kappa shape index (κ3) is 9.04. The van der Waals surface area contributed by atoms with Gasteiger partial charge >= 0.3 is 17.9 Å². The number of rotatable bonds is 9. The van der Waals surface area contributed by atoms with Crippen molar-refractivity contribution in [3.63, 3.8) is 0 Å². The Morgan fingerprint density at radius 2 is 1.67 bits per heavy atom. The van der Waals surface area contributed by atoms with Gasteiger partial charge < -0.3 is 25.3 Å². The molecule has 0 saturated carbocycles. The van der Waals surface area contributed by atoms with E-state index in [0.717, 1.165) is 0 Å². The van der Waals surface area contributed by atoms with Crippen LogP contribution in [-0.2, 0) is 19.1 Å². The molecule has 0 saturated heterocycles. The molecule has 0 spiro atoms. The summed E-state index contributed by atoms with van der Waals surface area (Å²) < 4.78 is 15.3. The van der Waals surface area contributed by atoms with Crippen LogP contribution in [0.1, 0.15) is 64.2 Å². The smallest absolute Gasteiger partial charge is 0.323 e. The van der Waals surface area contributed by atoms with Gasteiger partial charge in [-0.3, -0.25) is 19.2 Å². The van der Waals surface area contributed by atoms with Crippen LogP contribution in [0.25, 0.3) is 0 Å². The molecule has 1 atom stereocenters. The maximum absolute atomic E-state index is 12.5. The Morgan fingerprint density at radius 3 is 2.23 bits per heavy atom. The van der Waals surface area contributed by atoms with Gasteiger partial charge in [-0.25, -0.2) is 0 Å². The Labute approximate surface area is 176 Å². The number of amides is 1. The van der Waals surface area contributed by atoms with Crippen LogP contribution < -0.4 is 20.5 Å². The molecular weight excluding hydrogens is 392 g/mol. The second-order valence-electron chi connectivity index (χ2n) is 7.71. The molecule has 1 unspecified atom stereocenters. The highest BCUT2D eigenvalue weighted by Crippen LogP contribution is 2.31. The van der Waals surface area contributed by atoms with Crippen molar-refractivity contribution in [2.75, 3.05) is 6.54 Å². The SMILES string of the molecule is CC(=O)Oc1cccc(C(=O)NCCCCC(N)C(=O)OC(C)(C)C)c1OC(C)=O. The molecule has 166 valence electrons. The lowest BCUT2D eigenvalue weighted by Gasteiger charge is -2.22. The molecule has 0 aromatic heterocycles. The molecule has 3 N–H and O–H groups in total. The van der Waals surface area contributed by atoms with Crippen LogP contribution in [0, 0.1) is 0 Å². The van der Waals surface area contributed by atoms with Crippen LogP contribution in [0.5, 0.6) is 11.5 Å². The first-order valence-electron chi connectivity index (χ1n) is 9.67. The molecule has 0 fully saturated rings. The molecule has 0 bridgehead atoms. The Bertz CT molecular complexity index is 784. The third-order valence-electron chi connectivity index (χ3n) is 3.66. The van der Waals surface area contributed by atoms with Crippen LogP contribution in [0.3, 0.4) is 0 Å². The van der Waals surface area contributed by atoms with Gasteiger partial charge in [-0.1, -0.05) is 6.07 Å². The predicted molar refractivity (Wildman–Crippen MR) is 109 cm³/mol. The van der Waals surface area contributed by atoms with Crippen molar-refractivity contribution >= 4 is 23.8 Å². The van der Waals surface area contributed by atoms with E-state index in [-0.39, 0.29) is 17.1 Å². The Morgan fingerprint density at radius 1 is 1.03 bits per heavy atom. The molecule has 1 aromatic rings. The fraction of sp³-hybridized carbons (Fsp3) is 0.524. The number of unbranched alkanes of at least 4 members (excludes halogenated alkanes) is 1. The lowest BCUT2D eigenvalue weighted by atomic mass is 10.1. The number of ether oxygens (including phenoxy) is 3. The van der Waals surface area contributed by atoms with Gasteiger partial charge in [0, 0.05) is 20.4 Å². The molecule has 1 aromatic carbocycles. The van der Waals surface area contributed by atoms with E-state index in [1.165, 1.54) is 32.0 Å². The Kier molecular flexibility index (Phi) is 9.45. The number of carbonyl (C=O) groups is 4. The number of carbonyl (C=O) groups excluding carboxylic acids is 4. The number of hydrogen-bond acceptors (Lipinski definition) is 8. The van der Waals surface area contributed by atoms with Gasteiger partial charge in [-0.05, 0) is 52.2 Å². The second-order valence-corrected chi connectivity index (χ2v) is 7.71. The van der Waals surface area contributed by atoms with Crippen molar-refractivity contribution in [2.45, 2.75) is 65.5 Å². The summed E-state index contributed by atoms with van der Waals surface area (Å²) in [5.74, 6) is -2.35. The van der Waals surface area contributed by atoms with E-state index in [0.29, 0.717) is 25.8 Å². The second kappa shape index (κ2) is 11.3. The number of para-hydroxylation sites is 1. The highest BCUT2D eigenvalue weighted by molar-refractivity contribution is 5.98. The lowest BCUT2D eigenvalue weighted by Crippen LogP contribution is -2.37. The highest BCUT2D eigenvalue weighted by Gasteiger charge is 2.22. The first kappa shape index (κ1) is 25.1. The average Bonchev–Trinajstić information content (AvgIpc) is 2.60. The normalized spacial score (nSPS) is 11.9. The molecular formula is C21H30N2O7. The monoisotopic (exact) mass is 422 g/mol. The first-order valence-corrected chi connectivity index (χ1v) is 9.67. The van der Waals surface area contributed by atoms with Gasteiger partial charge in [-0.2, -0.15) is 0 Å². The molecule has 0 aliphatic heterocycles. The molecule has 0 radical (unpaired) electrons. The number of nitrogens with two attached hydrogens (primary N) is 1. The number of hydrogen-bond donors (Lipinski definition) is 2. The van der Waals surface area contributed by atoms with Gasteiger partial charge in [0.05, 0.1) is 5.56 Å². The lowest BCUT2D eigenvalue weighted by molar-refractivity contribution is -0.156. The average molecular weight is 422 g/mol. The summed E-state index contributed by atoms with van der Waals surface area (Å²) in [5.41, 5.74) is 5.30. The highest BCUT2D eigenvalue weighted by atomic mass is 16.6. The van der Waals surface area contributed by atoms with E-state index in [1.807, 2.05) is 0 Å². The summed E-state index contributed by atoms with van der Waals surface area (Å²) in [4.78, 5) is 47.0. The molecule has 1 rings (SSSR count). The zero-order chi connectivity index (χ0) is 22.9. The largest absolute Gasteiger partial charge is 0.459 e. The van der Waals surface area contributed by atoms with Gasteiger partial charge in [-0.15, -0.1) is 0 Å². The van der Waals surface area contributed by atoms with Crippen molar-refractivity contribution in [3.8, 4) is 11.5 Å². The summed E-state index contributed by atoms with van der Waals surface area (Å²) >= 11 is 0. The zero-order valence-electron chi connectivity index (χ0n) is 18.1. The summed E-state index contributed by atoms with van der Waals surface area (Å²) in [6, 6.07) is 3.67. The third-order valence-corrected chi connectivity index (χ3v) is 3.66. The van der Waals surface area contributed by atoms with Crippen LogP contribution in [0.4, 0.5) is 0 Å². The van der Waals surface area contributed by atoms with Gasteiger partial charge in [0.15, 0.2) is 11.5 Å². The van der Waals surface area contributed by atoms with Gasteiger partial charge in [0.25, 0.3) is 5.91 Å². The molecule has 9 nitrogen and oxygen atoms in total. The van der Waals surface area contributed by atoms with Crippen LogP contribution >= 0.6 is 0 Å². The minimum atomic E-state index is -0.726. The number of nitrogens with one attached hydrogen (secondary N) is 1. The number of benzene rings is 1. The van der Waals surface area contributed by atoms with E-state index in [1.54, 1.807) is 20.8 Å². The van der Waals surface area contributed by atoms with Crippen LogP contribution in [0.15, 0.2) is 18.2 Å². The summed E-state index contributed by atoms with van der Waals surface area (Å²) in [5, 5.41) is 2.71. The number of esters is 3. The molecule has 30 heavy (non-hydrogen) atoms. The van der Waals surface area contributed by atoms with Crippen molar-refractivity contribution in [1.82, 2.24) is 5.32 Å². The van der Waals surface area contributed by atoms with Gasteiger partial charge in [0.2, 0.25) is 0 Å². The van der Waals surface area contributed by atoms with Crippen LogP contribution in [0.2, 0.25) is 0 Å². The standard InChI is InChI=1S/C21H30N2O7/c1-13(24)28-17-11-8-9-15(18(17)29-14(2)25)19(26)23-12-7-6-10-16(22)20(27)30-21(3,4)5/h8-9,11,16H,6-7,10,12,22H2,1-5H3,(H,23,26). The molecule has 0 heterocycles. The molecule has 1 amide bonds. The Balaban J connectivity index is 2.62. The zero-order valence-corrected chi connectivity index (χ0v) is 18.1. The molecule has 0 aliphatic carbocycles. The van der Waals surface area contributed by atoms with Crippen molar-refractivity contribution < 1.29 is 33.4 Å². The van der Waals surface area contributed by atoms with Crippen molar-refractivity contribution in [1.29, 1.82) is 0 Å². The minimum Gasteiger partial charge on any atom is -0.459 e. The van der Waals surface area contributed by atoms with Gasteiger partial charge in [0.1, 0.15) is 11.6 Å². The van der Waals surface area contributed by atoms with E-state index in [9.17, 15) is 19.2 Å². The molecule has 0 aliphatic rings. The first-order chi connectivity index (χ1) is 13.9. The van der Waals surface area contributed by atoms with E-state index < -0.39 is 35.5 Å². The predicted octanol–water partition coefficient (Wildman–Crippen LogP) is 2.11. The van der Waals surface area contributed by atoms with Crippen molar-refractivity contribution in [2.24, 2.45) is 5.73 Å². The fourth-order valence-corrected chi connectivity index (χ4v) is 2.46. The van der Waals surface area contributed by atoms with Crippen molar-refractivity contribution in [3.05, 3.63) is 23.8 Å². The maximum atomic E-state index is 12.5. The maximum Gasteiger partial charge on any atom is 0.323 e. The topological polar surface area (TPSA) is 134 Å². The Hall–Kier alpha value is -2.94. The van der Waals surface area contributed by atoms with E-state index in [2.05, 4.69) is 5.32 Å². The summed E-state index contributed by atoms with van der Waals surface area (Å²) in [6.07, 6.45) is 1.60. The summed E-state index contributed by atoms with van der Waals surface area (Å²) in [6.45, 7) is 8.01. The fourth-order valence-electron chi connectivity index (χ4n) is 2.46. The van der Waals surface area contributed by atoms with Crippen LogP contribution in [-0.4, -0.2) is 42.0 Å². The quantitative estimate of drug-likeness (QED) is 0.351. The van der Waals surface area contributed by atoms with E-state index in [4.69, 9.17) is 19.9 Å².